The molecule has 0 bridgehead atoms. The second kappa shape index (κ2) is 9.88. The number of carbonyl (C=O) groups excluding carboxylic acids is 2. The summed E-state index contributed by atoms with van der Waals surface area (Å²) in [6, 6.07) is 6.96. The Morgan fingerprint density at radius 2 is 1.89 bits per heavy atom. The van der Waals surface area contributed by atoms with Crippen LogP contribution < -0.4 is 11.1 Å². The third kappa shape index (κ3) is 5.68. The zero-order chi connectivity index (χ0) is 20.5. The Morgan fingerprint density at radius 3 is 2.54 bits per heavy atom. The number of nitrogens with two attached hydrogens (primary N) is 1. The molecule has 0 spiro atoms. The highest BCUT2D eigenvalue weighted by Gasteiger charge is 2.11. The van der Waals surface area contributed by atoms with E-state index in [9.17, 15) is 9.59 Å². The van der Waals surface area contributed by atoms with E-state index in [2.05, 4.69) is 18.5 Å². The van der Waals surface area contributed by atoms with E-state index in [1.807, 2.05) is 30.4 Å². The maximum absolute atomic E-state index is 12.6. The normalized spacial score (nSPS) is 14.1. The first-order valence-electron chi connectivity index (χ1n) is 8.87. The second-order valence-corrected chi connectivity index (χ2v) is 6.26. The van der Waals surface area contributed by atoms with Crippen molar-refractivity contribution < 1.29 is 9.59 Å². The minimum Gasteiger partial charge on any atom is -0.398 e. The first kappa shape index (κ1) is 20.6. The van der Waals surface area contributed by atoms with Crippen molar-refractivity contribution in [1.82, 2.24) is 5.32 Å². The molecule has 1 aliphatic carbocycles. The van der Waals surface area contributed by atoms with Gasteiger partial charge in [-0.15, -0.1) is 0 Å². The second-order valence-electron chi connectivity index (χ2n) is 6.26. The summed E-state index contributed by atoms with van der Waals surface area (Å²) in [6.07, 6.45) is 15.2. The predicted octanol–water partition coefficient (Wildman–Crippen LogP) is 4.37. The van der Waals surface area contributed by atoms with Crippen LogP contribution in [0.2, 0.25) is 0 Å². The van der Waals surface area contributed by atoms with Crippen LogP contribution in [0.15, 0.2) is 102 Å². The molecule has 2 rings (SSSR count). The number of Topliss-reactive ketones (excluding diaryl/α,β-unsaturated/α-hetero) is 1. The summed E-state index contributed by atoms with van der Waals surface area (Å²) in [7, 11) is 0. The van der Waals surface area contributed by atoms with Gasteiger partial charge in [-0.3, -0.25) is 9.59 Å². The topological polar surface area (TPSA) is 72.2 Å². The molecule has 142 valence electrons. The molecule has 0 atom stereocenters. The van der Waals surface area contributed by atoms with Crippen LogP contribution in [0, 0.1) is 0 Å². The summed E-state index contributed by atoms with van der Waals surface area (Å²) in [5.74, 6) is -0.325. The lowest BCUT2D eigenvalue weighted by Crippen LogP contribution is -2.25. The van der Waals surface area contributed by atoms with E-state index < -0.39 is 0 Å². The van der Waals surface area contributed by atoms with Gasteiger partial charge in [-0.05, 0) is 48.8 Å². The zero-order valence-electron chi connectivity index (χ0n) is 15.9. The van der Waals surface area contributed by atoms with Gasteiger partial charge in [0.15, 0.2) is 5.78 Å². The molecule has 0 aromatic heterocycles. The summed E-state index contributed by atoms with van der Waals surface area (Å²) in [6.45, 7) is 8.99. The first-order valence-corrected chi connectivity index (χ1v) is 8.87. The van der Waals surface area contributed by atoms with E-state index in [-0.39, 0.29) is 17.4 Å². The van der Waals surface area contributed by atoms with Crippen molar-refractivity contribution in [3.05, 3.63) is 114 Å². The van der Waals surface area contributed by atoms with Crippen molar-refractivity contribution in [2.45, 2.75) is 13.3 Å². The van der Waals surface area contributed by atoms with Crippen LogP contribution in [0.25, 0.3) is 6.08 Å². The highest BCUT2D eigenvalue weighted by Crippen LogP contribution is 2.15. The van der Waals surface area contributed by atoms with E-state index in [0.29, 0.717) is 22.4 Å². The van der Waals surface area contributed by atoms with Crippen molar-refractivity contribution in [2.75, 3.05) is 0 Å². The van der Waals surface area contributed by atoms with E-state index in [1.165, 1.54) is 6.08 Å². The molecule has 28 heavy (non-hydrogen) atoms. The molecule has 0 aliphatic heterocycles. The van der Waals surface area contributed by atoms with Crippen molar-refractivity contribution in [3.8, 4) is 0 Å². The average molecular weight is 372 g/mol. The molecule has 4 nitrogen and oxygen atoms in total. The molecule has 1 aromatic rings. The van der Waals surface area contributed by atoms with Crippen molar-refractivity contribution in [2.24, 2.45) is 5.73 Å². The molecule has 0 radical (unpaired) electrons. The summed E-state index contributed by atoms with van der Waals surface area (Å²) in [5, 5.41) is 2.70. The van der Waals surface area contributed by atoms with Gasteiger partial charge in [0.1, 0.15) is 0 Å². The number of hydrogen-bond donors (Lipinski definition) is 2. The Balaban J connectivity index is 2.13. The van der Waals surface area contributed by atoms with Crippen LogP contribution in [-0.4, -0.2) is 11.7 Å². The van der Waals surface area contributed by atoms with E-state index in [1.54, 1.807) is 43.3 Å². The monoisotopic (exact) mass is 372 g/mol. The molecule has 1 aliphatic rings. The molecule has 0 saturated carbocycles. The third-order valence-electron chi connectivity index (χ3n) is 4.04. The van der Waals surface area contributed by atoms with Gasteiger partial charge >= 0.3 is 0 Å². The number of nitrogens with one attached hydrogen (secondary N) is 1. The molecule has 0 heterocycles. The number of carbonyl (C=O) groups is 2. The lowest BCUT2D eigenvalue weighted by molar-refractivity contribution is -0.111. The van der Waals surface area contributed by atoms with Crippen molar-refractivity contribution >= 4 is 17.8 Å². The highest BCUT2D eigenvalue weighted by atomic mass is 16.1. The lowest BCUT2D eigenvalue weighted by atomic mass is 10.0. The molecule has 1 amide bonds. The highest BCUT2D eigenvalue weighted by molar-refractivity contribution is 6.12. The predicted molar refractivity (Wildman–Crippen MR) is 115 cm³/mol. The van der Waals surface area contributed by atoms with E-state index in [0.717, 1.165) is 12.0 Å². The maximum atomic E-state index is 12.6. The average Bonchev–Trinajstić information content (AvgIpc) is 2.96. The van der Waals surface area contributed by atoms with Crippen LogP contribution in [-0.2, 0) is 4.79 Å². The van der Waals surface area contributed by atoms with Crippen LogP contribution in [0.5, 0.6) is 0 Å². The van der Waals surface area contributed by atoms with Crippen molar-refractivity contribution in [1.29, 1.82) is 0 Å². The Labute approximate surface area is 165 Å². The van der Waals surface area contributed by atoms with Gasteiger partial charge in [-0.1, -0.05) is 61.7 Å². The van der Waals surface area contributed by atoms with E-state index in [4.69, 9.17) is 5.73 Å². The summed E-state index contributed by atoms with van der Waals surface area (Å²) in [4.78, 5) is 24.9. The molecule has 0 fully saturated rings. The molecule has 1 aromatic carbocycles. The lowest BCUT2D eigenvalue weighted by Gasteiger charge is -2.09. The van der Waals surface area contributed by atoms with Gasteiger partial charge in [0.2, 0.25) is 0 Å². The Hall–Kier alpha value is -3.66. The van der Waals surface area contributed by atoms with Crippen molar-refractivity contribution in [3.63, 3.8) is 0 Å². The molecule has 0 unspecified atom stereocenters. The van der Waals surface area contributed by atoms with Crippen LogP contribution >= 0.6 is 0 Å². The van der Waals surface area contributed by atoms with E-state index >= 15 is 0 Å². The number of amides is 1. The maximum Gasteiger partial charge on any atom is 0.255 e. The quantitative estimate of drug-likeness (QED) is 0.551. The van der Waals surface area contributed by atoms with Gasteiger partial charge in [-0.2, -0.15) is 0 Å². The molecule has 3 N–H and O–H groups in total. The number of rotatable bonds is 7. The smallest absolute Gasteiger partial charge is 0.255 e. The molecular weight excluding hydrogens is 348 g/mol. The number of benzene rings is 1. The number of ketones is 1. The van der Waals surface area contributed by atoms with Crippen LogP contribution in [0.1, 0.15) is 29.3 Å². The van der Waals surface area contributed by atoms with Gasteiger partial charge < -0.3 is 11.1 Å². The van der Waals surface area contributed by atoms with Gasteiger partial charge in [0, 0.05) is 16.8 Å². The summed E-state index contributed by atoms with van der Waals surface area (Å²) >= 11 is 0. The SMILES string of the molecule is C=C/C=C(/NC(=O)c1ccc(/C=C(/C)C(=O)C2=CC=CCC=C2)cc1)C(=C)N. The van der Waals surface area contributed by atoms with Crippen LogP contribution in [0.3, 0.4) is 0 Å². The van der Waals surface area contributed by atoms with Gasteiger partial charge in [0.25, 0.3) is 5.91 Å². The fraction of sp³-hybridized carbons (Fsp3) is 0.0833. The molecule has 4 heteroatoms. The molecule has 0 saturated heterocycles. The van der Waals surface area contributed by atoms with Gasteiger partial charge in [0.05, 0.1) is 5.70 Å². The Bertz CT molecular complexity index is 939. The standard InChI is InChI=1S/C24H24N2O2/c1-4-9-22(18(3)25)26-24(28)21-14-12-19(13-15-21)16-17(2)23(27)20-10-7-5-6-8-11-20/h4-5,7-16H,1,3,6,25H2,2H3,(H,26,28)/b17-16-,22-9+. The minimum atomic E-state index is -0.302. The first-order chi connectivity index (χ1) is 13.4. The Kier molecular flexibility index (Phi) is 7.28. The number of hydrogen-bond acceptors (Lipinski definition) is 3. The fourth-order valence-electron chi connectivity index (χ4n) is 2.55. The third-order valence-corrected chi connectivity index (χ3v) is 4.04. The number of allylic oxidation sites excluding steroid dienone is 9. The van der Waals surface area contributed by atoms with Crippen LogP contribution in [0.4, 0.5) is 0 Å². The fourth-order valence-corrected chi connectivity index (χ4v) is 2.55. The molecular formula is C24H24N2O2. The zero-order valence-corrected chi connectivity index (χ0v) is 15.9. The Morgan fingerprint density at radius 1 is 1.18 bits per heavy atom. The minimum absolute atomic E-state index is 0.0229. The summed E-state index contributed by atoms with van der Waals surface area (Å²) in [5.41, 5.74) is 8.89. The largest absolute Gasteiger partial charge is 0.398 e. The summed E-state index contributed by atoms with van der Waals surface area (Å²) < 4.78 is 0. The van der Waals surface area contributed by atoms with Gasteiger partial charge in [-0.25, -0.2) is 0 Å².